The van der Waals surface area contributed by atoms with Crippen molar-refractivity contribution in [3.05, 3.63) is 94.8 Å². The Labute approximate surface area is 178 Å². The van der Waals surface area contributed by atoms with Crippen molar-refractivity contribution in [2.45, 2.75) is 6.92 Å². The van der Waals surface area contributed by atoms with Gasteiger partial charge in [-0.05, 0) is 48.5 Å². The number of hydrogen-bond donors (Lipinski definition) is 1. The largest absolute Gasteiger partial charge is 0.422 e. The Balaban J connectivity index is 1.61. The number of ketones is 1. The van der Waals surface area contributed by atoms with Crippen LogP contribution < -0.4 is 10.1 Å². The molecule has 148 valence electrons. The Bertz CT molecular complexity index is 1180. The lowest BCUT2D eigenvalue weighted by atomic mass is 10.0. The average Bonchev–Trinajstić information content (AvgIpc) is 2.98. The summed E-state index contributed by atoms with van der Waals surface area (Å²) in [5.74, 6) is -1.62. The molecule has 0 bridgehead atoms. The molecule has 2 aromatic carbocycles. The normalized spacial score (nSPS) is 19.2. The lowest BCUT2D eigenvalue weighted by Crippen LogP contribution is -2.31. The van der Waals surface area contributed by atoms with Crippen molar-refractivity contribution in [1.82, 2.24) is 10.2 Å². The quantitative estimate of drug-likeness (QED) is 0.272. The first-order valence-electron chi connectivity index (χ1n) is 9.11. The van der Waals surface area contributed by atoms with Crippen LogP contribution in [0.5, 0.6) is 5.75 Å². The zero-order valence-electron chi connectivity index (χ0n) is 15.9. The van der Waals surface area contributed by atoms with E-state index >= 15 is 0 Å². The van der Waals surface area contributed by atoms with E-state index in [0.717, 1.165) is 22.2 Å². The van der Waals surface area contributed by atoms with E-state index in [1.807, 2.05) is 43.3 Å². The minimum Gasteiger partial charge on any atom is -0.422 e. The maximum atomic E-state index is 12.8. The molecule has 1 saturated heterocycles. The van der Waals surface area contributed by atoms with Crippen LogP contribution in [0.3, 0.4) is 0 Å². The highest BCUT2D eigenvalue weighted by Crippen LogP contribution is 2.28. The molecule has 2 heterocycles. The van der Waals surface area contributed by atoms with Gasteiger partial charge in [0.1, 0.15) is 17.0 Å². The first kappa shape index (κ1) is 19.5. The predicted octanol–water partition coefficient (Wildman–Crippen LogP) is 3.38. The van der Waals surface area contributed by atoms with Gasteiger partial charge in [-0.3, -0.25) is 14.5 Å². The number of carbonyl (C=O) groups excluding carboxylic acids is 3. The van der Waals surface area contributed by atoms with Crippen LogP contribution in [0.2, 0.25) is 0 Å². The van der Waals surface area contributed by atoms with Crippen LogP contribution in [0.15, 0.2) is 83.7 Å². The SMILES string of the molecule is CC(=C\c1ccccc1)/C=C1/NC(=S)N(/C=C2\C(=O)Oc3ccccc3C2=O)C1=O. The number of rotatable bonds is 3. The molecule has 0 saturated carbocycles. The molecule has 1 N–H and O–H groups in total. The topological polar surface area (TPSA) is 75.7 Å². The van der Waals surface area contributed by atoms with Gasteiger partial charge in [0, 0.05) is 6.20 Å². The molecular formula is C23H16N2O4S. The highest BCUT2D eigenvalue weighted by Gasteiger charge is 2.35. The summed E-state index contributed by atoms with van der Waals surface area (Å²) in [7, 11) is 0. The Hall–Kier alpha value is -3.84. The van der Waals surface area contributed by atoms with Gasteiger partial charge in [0.05, 0.1) is 5.56 Å². The molecule has 2 aromatic rings. The number of nitrogens with one attached hydrogen (secondary N) is 1. The number of amides is 1. The third-order valence-corrected chi connectivity index (χ3v) is 4.83. The van der Waals surface area contributed by atoms with Gasteiger partial charge in [-0.15, -0.1) is 0 Å². The summed E-state index contributed by atoms with van der Waals surface area (Å²) in [5.41, 5.74) is 2.07. The van der Waals surface area contributed by atoms with Crippen LogP contribution in [0.1, 0.15) is 22.8 Å². The predicted molar refractivity (Wildman–Crippen MR) is 115 cm³/mol. The first-order valence-corrected chi connectivity index (χ1v) is 9.52. The number of ether oxygens (including phenoxy) is 1. The summed E-state index contributed by atoms with van der Waals surface area (Å²) in [5, 5.41) is 2.90. The lowest BCUT2D eigenvalue weighted by Gasteiger charge is -2.18. The molecule has 2 aliphatic heterocycles. The highest BCUT2D eigenvalue weighted by molar-refractivity contribution is 7.80. The number of fused-ring (bicyclic) bond motifs is 1. The Kier molecular flexibility index (Phi) is 5.12. The smallest absolute Gasteiger partial charge is 0.349 e. The standard InChI is InChI=1S/C23H16N2O4S/c1-14(11-15-7-3-2-4-8-15)12-18-21(27)25(23(30)24-18)13-17-20(26)16-9-5-6-10-19(16)29-22(17)28/h2-13H,1H3,(H,24,30)/b14-11+,17-13-,18-12+. The van der Waals surface area contributed by atoms with E-state index in [1.54, 1.807) is 24.3 Å². The van der Waals surface area contributed by atoms with Crippen LogP contribution >= 0.6 is 12.2 Å². The van der Waals surface area contributed by atoms with Gasteiger partial charge in [0.25, 0.3) is 5.91 Å². The fourth-order valence-electron chi connectivity index (χ4n) is 3.12. The van der Waals surface area contributed by atoms with Gasteiger partial charge in [0.15, 0.2) is 5.11 Å². The molecule has 1 fully saturated rings. The van der Waals surface area contributed by atoms with Crippen molar-refractivity contribution >= 4 is 41.1 Å². The molecule has 6 nitrogen and oxygen atoms in total. The number of benzene rings is 2. The zero-order valence-corrected chi connectivity index (χ0v) is 16.7. The third-order valence-electron chi connectivity index (χ3n) is 4.53. The van der Waals surface area contributed by atoms with E-state index in [4.69, 9.17) is 17.0 Å². The Morgan fingerprint density at radius 3 is 2.50 bits per heavy atom. The van der Waals surface area contributed by atoms with Gasteiger partial charge in [-0.2, -0.15) is 0 Å². The lowest BCUT2D eigenvalue weighted by molar-refractivity contribution is -0.130. The molecule has 30 heavy (non-hydrogen) atoms. The molecule has 2 aliphatic rings. The maximum Gasteiger partial charge on any atom is 0.349 e. The van der Waals surface area contributed by atoms with Gasteiger partial charge in [-0.1, -0.05) is 48.5 Å². The third kappa shape index (κ3) is 3.70. The minimum atomic E-state index is -0.827. The van der Waals surface area contributed by atoms with E-state index in [1.165, 1.54) is 6.07 Å². The Morgan fingerprint density at radius 1 is 1.03 bits per heavy atom. The fraction of sp³-hybridized carbons (Fsp3) is 0.0435. The molecule has 0 aliphatic carbocycles. The number of carbonyl (C=O) groups is 3. The van der Waals surface area contributed by atoms with E-state index in [0.29, 0.717) is 0 Å². The van der Waals surface area contributed by atoms with Gasteiger partial charge >= 0.3 is 5.97 Å². The van der Waals surface area contributed by atoms with E-state index < -0.39 is 17.7 Å². The molecule has 1 amide bonds. The number of nitrogens with zero attached hydrogens (tertiary/aromatic N) is 1. The molecule has 0 radical (unpaired) electrons. The zero-order chi connectivity index (χ0) is 21.3. The number of allylic oxidation sites excluding steroid dienone is 2. The second-order valence-corrected chi connectivity index (χ2v) is 7.11. The molecular weight excluding hydrogens is 400 g/mol. The summed E-state index contributed by atoms with van der Waals surface area (Å²) in [6, 6.07) is 16.1. The second kappa shape index (κ2) is 7.88. The van der Waals surface area contributed by atoms with Crippen LogP contribution in [-0.2, 0) is 9.59 Å². The number of thiocarbonyl (C=S) groups is 1. The Morgan fingerprint density at radius 2 is 1.73 bits per heavy atom. The van der Waals surface area contributed by atoms with Crippen molar-refractivity contribution in [3.63, 3.8) is 0 Å². The summed E-state index contributed by atoms with van der Waals surface area (Å²) < 4.78 is 5.20. The maximum absolute atomic E-state index is 12.8. The summed E-state index contributed by atoms with van der Waals surface area (Å²) in [6.07, 6.45) is 4.72. The van der Waals surface area contributed by atoms with Gasteiger partial charge in [0.2, 0.25) is 5.78 Å². The molecule has 7 heteroatoms. The van der Waals surface area contributed by atoms with Crippen LogP contribution in [0, 0.1) is 0 Å². The first-order chi connectivity index (χ1) is 14.4. The number of hydrogen-bond acceptors (Lipinski definition) is 5. The summed E-state index contributed by atoms with van der Waals surface area (Å²) in [6.45, 7) is 1.86. The molecule has 0 atom stereocenters. The van der Waals surface area contributed by atoms with E-state index in [-0.39, 0.29) is 27.7 Å². The van der Waals surface area contributed by atoms with Crippen molar-refractivity contribution in [3.8, 4) is 5.75 Å². The average molecular weight is 416 g/mol. The number of para-hydroxylation sites is 1. The van der Waals surface area contributed by atoms with E-state index in [9.17, 15) is 14.4 Å². The van der Waals surface area contributed by atoms with Crippen molar-refractivity contribution in [2.75, 3.05) is 0 Å². The monoisotopic (exact) mass is 416 g/mol. The molecule has 0 unspecified atom stereocenters. The second-order valence-electron chi connectivity index (χ2n) is 6.72. The number of esters is 1. The molecule has 4 rings (SSSR count). The number of Topliss-reactive ketones (excluding diaryl/α,β-unsaturated/α-hetero) is 1. The van der Waals surface area contributed by atoms with Gasteiger partial charge in [-0.25, -0.2) is 4.79 Å². The van der Waals surface area contributed by atoms with Crippen molar-refractivity contribution < 1.29 is 19.1 Å². The van der Waals surface area contributed by atoms with E-state index in [2.05, 4.69) is 5.32 Å². The highest BCUT2D eigenvalue weighted by atomic mass is 32.1. The van der Waals surface area contributed by atoms with Crippen LogP contribution in [0.25, 0.3) is 6.08 Å². The van der Waals surface area contributed by atoms with Crippen molar-refractivity contribution in [1.29, 1.82) is 0 Å². The van der Waals surface area contributed by atoms with Crippen LogP contribution in [-0.4, -0.2) is 27.7 Å². The van der Waals surface area contributed by atoms with Gasteiger partial charge < -0.3 is 10.1 Å². The summed E-state index contributed by atoms with van der Waals surface area (Å²) >= 11 is 5.23. The fourth-order valence-corrected chi connectivity index (χ4v) is 3.37. The minimum absolute atomic E-state index is 0.0747. The molecule has 0 spiro atoms. The van der Waals surface area contributed by atoms with Crippen molar-refractivity contribution in [2.24, 2.45) is 0 Å². The molecule has 0 aromatic heterocycles. The summed E-state index contributed by atoms with van der Waals surface area (Å²) in [4.78, 5) is 38.9. The van der Waals surface area contributed by atoms with Crippen LogP contribution in [0.4, 0.5) is 0 Å².